The van der Waals surface area contributed by atoms with Crippen molar-refractivity contribution in [1.29, 1.82) is 0 Å². The minimum absolute atomic E-state index is 0.0722. The van der Waals surface area contributed by atoms with Crippen LogP contribution in [0.25, 0.3) is 0 Å². The fourth-order valence-electron chi connectivity index (χ4n) is 1.60. The summed E-state index contributed by atoms with van der Waals surface area (Å²) >= 11 is 1.66. The van der Waals surface area contributed by atoms with Gasteiger partial charge in [0.15, 0.2) is 5.84 Å². The number of nitrogens with two attached hydrogens (primary N) is 1. The molecular formula is C14H15N3OS. The van der Waals surface area contributed by atoms with Crippen LogP contribution in [0.3, 0.4) is 0 Å². The third kappa shape index (κ3) is 3.48. The Morgan fingerprint density at radius 2 is 2.11 bits per heavy atom. The van der Waals surface area contributed by atoms with E-state index in [-0.39, 0.29) is 5.84 Å². The molecule has 0 spiro atoms. The second-order valence-electron chi connectivity index (χ2n) is 4.09. The number of amidine groups is 1. The van der Waals surface area contributed by atoms with Crippen LogP contribution in [0.5, 0.6) is 0 Å². The predicted octanol–water partition coefficient (Wildman–Crippen LogP) is 2.78. The highest BCUT2D eigenvalue weighted by atomic mass is 32.2. The number of aryl methyl sites for hydroxylation is 1. The molecule has 0 aliphatic carbocycles. The van der Waals surface area contributed by atoms with E-state index in [1.807, 2.05) is 18.2 Å². The molecule has 2 rings (SSSR count). The van der Waals surface area contributed by atoms with Gasteiger partial charge in [0.1, 0.15) is 0 Å². The molecule has 1 aromatic heterocycles. The number of pyridine rings is 1. The molecule has 0 aliphatic rings. The topological polar surface area (TPSA) is 71.5 Å². The third-order valence-electron chi connectivity index (χ3n) is 2.78. The van der Waals surface area contributed by atoms with Crippen molar-refractivity contribution in [2.45, 2.75) is 17.7 Å². The van der Waals surface area contributed by atoms with Gasteiger partial charge < -0.3 is 10.9 Å². The summed E-state index contributed by atoms with van der Waals surface area (Å²) < 4.78 is 0. The number of benzene rings is 1. The number of aromatic nitrogens is 1. The van der Waals surface area contributed by atoms with Gasteiger partial charge in [0.05, 0.1) is 5.03 Å². The monoisotopic (exact) mass is 273 g/mol. The molecule has 0 aliphatic heterocycles. The van der Waals surface area contributed by atoms with Gasteiger partial charge in [-0.1, -0.05) is 29.4 Å². The van der Waals surface area contributed by atoms with Gasteiger partial charge >= 0.3 is 0 Å². The van der Waals surface area contributed by atoms with Crippen LogP contribution in [0.15, 0.2) is 52.8 Å². The SMILES string of the molecule is Cc1ccccc1CSc1ccc(C(N)=NO)cn1. The first-order valence-electron chi connectivity index (χ1n) is 5.82. The standard InChI is InChI=1S/C14H15N3OS/c1-10-4-2-3-5-12(10)9-19-13-7-6-11(8-16-13)14(15)17-18/h2-8,18H,9H2,1H3,(H2,15,17). The van der Waals surface area contributed by atoms with E-state index in [0.29, 0.717) is 5.56 Å². The van der Waals surface area contributed by atoms with E-state index >= 15 is 0 Å². The van der Waals surface area contributed by atoms with Crippen molar-refractivity contribution in [3.8, 4) is 0 Å². The normalized spacial score (nSPS) is 11.5. The summed E-state index contributed by atoms with van der Waals surface area (Å²) in [6, 6.07) is 12.0. The molecule has 0 saturated heterocycles. The highest BCUT2D eigenvalue weighted by molar-refractivity contribution is 7.98. The van der Waals surface area contributed by atoms with Crippen LogP contribution < -0.4 is 5.73 Å². The Kier molecular flexibility index (Phi) is 4.41. The van der Waals surface area contributed by atoms with Crippen molar-refractivity contribution in [1.82, 2.24) is 4.98 Å². The summed E-state index contributed by atoms with van der Waals surface area (Å²) in [7, 11) is 0. The molecule has 0 unspecified atom stereocenters. The number of rotatable bonds is 4. The Balaban J connectivity index is 2.03. The van der Waals surface area contributed by atoms with Gasteiger partial charge in [-0.05, 0) is 30.2 Å². The van der Waals surface area contributed by atoms with Crippen molar-refractivity contribution in [2.75, 3.05) is 0 Å². The Bertz CT molecular complexity index is 581. The number of hydrogen-bond acceptors (Lipinski definition) is 4. The second kappa shape index (κ2) is 6.24. The quantitative estimate of drug-likeness (QED) is 0.295. The fourth-order valence-corrected chi connectivity index (χ4v) is 2.52. The van der Waals surface area contributed by atoms with Crippen molar-refractivity contribution in [3.63, 3.8) is 0 Å². The van der Waals surface area contributed by atoms with E-state index in [0.717, 1.165) is 10.8 Å². The maximum atomic E-state index is 8.57. The smallest absolute Gasteiger partial charge is 0.171 e. The van der Waals surface area contributed by atoms with E-state index < -0.39 is 0 Å². The molecule has 1 aromatic carbocycles. The first-order chi connectivity index (χ1) is 9.20. The lowest BCUT2D eigenvalue weighted by molar-refractivity contribution is 0.318. The number of oxime groups is 1. The van der Waals surface area contributed by atoms with E-state index in [9.17, 15) is 0 Å². The minimum Gasteiger partial charge on any atom is -0.409 e. The highest BCUT2D eigenvalue weighted by Crippen LogP contribution is 2.22. The summed E-state index contributed by atoms with van der Waals surface area (Å²) in [5.74, 6) is 0.950. The molecule has 0 amide bonds. The molecular weight excluding hydrogens is 258 g/mol. The number of nitrogens with zero attached hydrogens (tertiary/aromatic N) is 2. The van der Waals surface area contributed by atoms with Crippen LogP contribution in [0, 0.1) is 6.92 Å². The Morgan fingerprint density at radius 1 is 1.32 bits per heavy atom. The van der Waals surface area contributed by atoms with Crippen LogP contribution >= 0.6 is 11.8 Å². The Labute approximate surface area is 116 Å². The Morgan fingerprint density at radius 3 is 2.74 bits per heavy atom. The summed E-state index contributed by atoms with van der Waals surface area (Å²) in [4.78, 5) is 4.28. The second-order valence-corrected chi connectivity index (χ2v) is 5.08. The predicted molar refractivity (Wildman–Crippen MR) is 77.5 cm³/mol. The molecule has 98 valence electrons. The zero-order valence-electron chi connectivity index (χ0n) is 10.6. The van der Waals surface area contributed by atoms with Gasteiger partial charge in [0.25, 0.3) is 0 Å². The zero-order valence-corrected chi connectivity index (χ0v) is 11.4. The van der Waals surface area contributed by atoms with Gasteiger partial charge in [-0.25, -0.2) is 4.98 Å². The third-order valence-corrected chi connectivity index (χ3v) is 3.77. The van der Waals surface area contributed by atoms with E-state index in [1.54, 1.807) is 24.0 Å². The lowest BCUT2D eigenvalue weighted by atomic mass is 10.1. The van der Waals surface area contributed by atoms with Gasteiger partial charge in [-0.15, -0.1) is 11.8 Å². The van der Waals surface area contributed by atoms with E-state index in [2.05, 4.69) is 29.2 Å². The molecule has 3 N–H and O–H groups in total. The Hall–Kier alpha value is -2.01. The molecule has 0 fully saturated rings. The molecule has 4 nitrogen and oxygen atoms in total. The molecule has 1 heterocycles. The summed E-state index contributed by atoms with van der Waals surface area (Å²) in [6.07, 6.45) is 1.61. The van der Waals surface area contributed by atoms with Gasteiger partial charge in [-0.3, -0.25) is 0 Å². The lowest BCUT2D eigenvalue weighted by Crippen LogP contribution is -2.13. The molecule has 0 radical (unpaired) electrons. The average molecular weight is 273 g/mol. The minimum atomic E-state index is 0.0722. The zero-order chi connectivity index (χ0) is 13.7. The van der Waals surface area contributed by atoms with Crippen molar-refractivity contribution >= 4 is 17.6 Å². The fraction of sp³-hybridized carbons (Fsp3) is 0.143. The van der Waals surface area contributed by atoms with Crippen molar-refractivity contribution in [3.05, 3.63) is 59.3 Å². The van der Waals surface area contributed by atoms with Crippen LogP contribution in [-0.2, 0) is 5.75 Å². The summed E-state index contributed by atoms with van der Waals surface area (Å²) in [6.45, 7) is 2.10. The summed E-state index contributed by atoms with van der Waals surface area (Å²) in [5.41, 5.74) is 8.68. The first kappa shape index (κ1) is 13.4. The maximum Gasteiger partial charge on any atom is 0.171 e. The molecule has 19 heavy (non-hydrogen) atoms. The first-order valence-corrected chi connectivity index (χ1v) is 6.80. The molecule has 5 heteroatoms. The van der Waals surface area contributed by atoms with Crippen LogP contribution in [0.2, 0.25) is 0 Å². The van der Waals surface area contributed by atoms with E-state index in [4.69, 9.17) is 10.9 Å². The van der Waals surface area contributed by atoms with Gasteiger partial charge in [-0.2, -0.15) is 0 Å². The van der Waals surface area contributed by atoms with E-state index in [1.165, 1.54) is 11.1 Å². The van der Waals surface area contributed by atoms with Crippen LogP contribution in [0.4, 0.5) is 0 Å². The highest BCUT2D eigenvalue weighted by Gasteiger charge is 2.02. The van der Waals surface area contributed by atoms with Crippen molar-refractivity contribution in [2.24, 2.45) is 10.9 Å². The van der Waals surface area contributed by atoms with Gasteiger partial charge in [0, 0.05) is 17.5 Å². The molecule has 2 aromatic rings. The average Bonchev–Trinajstić information content (AvgIpc) is 2.46. The van der Waals surface area contributed by atoms with Gasteiger partial charge in [0.2, 0.25) is 0 Å². The molecule has 0 saturated carbocycles. The van der Waals surface area contributed by atoms with Crippen LogP contribution in [0.1, 0.15) is 16.7 Å². The number of thioether (sulfide) groups is 1. The maximum absolute atomic E-state index is 8.57. The lowest BCUT2D eigenvalue weighted by Gasteiger charge is -2.05. The molecule has 0 atom stereocenters. The van der Waals surface area contributed by atoms with Crippen LogP contribution in [-0.4, -0.2) is 16.0 Å². The van der Waals surface area contributed by atoms with Crippen molar-refractivity contribution < 1.29 is 5.21 Å². The largest absolute Gasteiger partial charge is 0.409 e. The molecule has 0 bridgehead atoms. The summed E-state index contributed by atoms with van der Waals surface area (Å²) in [5, 5.41) is 12.4. The number of hydrogen-bond donors (Lipinski definition) is 2.